The van der Waals surface area contributed by atoms with Crippen molar-refractivity contribution in [2.45, 2.75) is 38.2 Å². The van der Waals surface area contributed by atoms with Gasteiger partial charge in [-0.1, -0.05) is 5.16 Å². The monoisotopic (exact) mass is 521 g/mol. The summed E-state index contributed by atoms with van der Waals surface area (Å²) < 4.78 is 82.4. The first-order chi connectivity index (χ1) is 17.4. The Hall–Kier alpha value is -4.28. The number of aryl methyl sites for hydroxylation is 1. The fourth-order valence-electron chi connectivity index (χ4n) is 4.29. The maximum Gasteiger partial charge on any atom is 0.586 e. The van der Waals surface area contributed by atoms with Crippen LogP contribution in [0.25, 0.3) is 11.3 Å². The van der Waals surface area contributed by atoms with E-state index in [0.29, 0.717) is 24.6 Å². The molecule has 0 spiro atoms. The number of likely N-dealkylation sites (tertiary alicyclic amines) is 1. The van der Waals surface area contributed by atoms with E-state index in [9.17, 15) is 32.0 Å². The van der Waals surface area contributed by atoms with Crippen LogP contribution < -0.4 is 9.47 Å². The summed E-state index contributed by atoms with van der Waals surface area (Å²) >= 11 is 0. The average Bonchev–Trinajstić information content (AvgIpc) is 3.42. The first kappa shape index (κ1) is 24.4. The molecule has 2 aromatic heterocycles. The van der Waals surface area contributed by atoms with Gasteiger partial charge in [-0.05, 0) is 37.1 Å². The topological polar surface area (TPSA) is 114 Å². The minimum Gasteiger partial charge on any atom is -0.395 e. The van der Waals surface area contributed by atoms with Gasteiger partial charge in [0.2, 0.25) is 5.89 Å². The Morgan fingerprint density at radius 1 is 1.14 bits per heavy atom. The number of halogens is 5. The van der Waals surface area contributed by atoms with E-state index in [2.05, 4.69) is 24.6 Å². The van der Waals surface area contributed by atoms with Crippen molar-refractivity contribution >= 4 is 5.91 Å². The lowest BCUT2D eigenvalue weighted by Gasteiger charge is -2.31. The van der Waals surface area contributed by atoms with Gasteiger partial charge in [-0.2, -0.15) is 23.4 Å². The van der Waals surface area contributed by atoms with Crippen LogP contribution in [0.2, 0.25) is 0 Å². The Kier molecular flexibility index (Phi) is 5.73. The molecule has 1 aromatic carbocycles. The number of hydrogen-bond acceptors (Lipinski definition) is 8. The number of pyridine rings is 1. The normalized spacial score (nSPS) is 17.1. The third kappa shape index (κ3) is 4.64. The Morgan fingerprint density at radius 3 is 2.46 bits per heavy atom. The molecule has 3 aromatic rings. The van der Waals surface area contributed by atoms with Gasteiger partial charge in [0.1, 0.15) is 6.07 Å². The number of amides is 1. The number of benzene rings is 1. The number of fused-ring (bicyclic) bond motifs is 1. The van der Waals surface area contributed by atoms with E-state index in [-0.39, 0.29) is 35.9 Å². The van der Waals surface area contributed by atoms with Crippen molar-refractivity contribution in [1.82, 2.24) is 20.0 Å². The highest BCUT2D eigenvalue weighted by atomic mass is 19.4. The molecule has 2 aliphatic heterocycles. The Morgan fingerprint density at radius 2 is 1.84 bits per heavy atom. The number of carbonyl (C=O) groups is 1. The zero-order valence-corrected chi connectivity index (χ0v) is 19.0. The van der Waals surface area contributed by atoms with Gasteiger partial charge in [-0.15, -0.1) is 8.78 Å². The molecule has 0 radical (unpaired) electrons. The molecular formula is C23H16F5N5O4. The first-order valence-corrected chi connectivity index (χ1v) is 11.0. The van der Waals surface area contributed by atoms with Crippen LogP contribution in [0.3, 0.4) is 0 Å². The van der Waals surface area contributed by atoms with E-state index in [1.165, 1.54) is 11.0 Å². The molecule has 0 bridgehead atoms. The number of alkyl halides is 5. The third-order valence-corrected chi connectivity index (χ3v) is 6.01. The predicted octanol–water partition coefficient (Wildman–Crippen LogP) is 4.67. The van der Waals surface area contributed by atoms with Crippen molar-refractivity contribution < 1.29 is 40.7 Å². The molecule has 4 heterocycles. The fraction of sp³-hybridized carbons (Fsp3) is 0.348. The number of nitrogens with zero attached hydrogens (tertiary/aromatic N) is 5. The van der Waals surface area contributed by atoms with Crippen molar-refractivity contribution in [1.29, 1.82) is 5.26 Å². The van der Waals surface area contributed by atoms with Gasteiger partial charge in [-0.3, -0.25) is 4.79 Å². The van der Waals surface area contributed by atoms with E-state index >= 15 is 0 Å². The van der Waals surface area contributed by atoms with Crippen LogP contribution in [0.1, 0.15) is 52.1 Å². The summed E-state index contributed by atoms with van der Waals surface area (Å²) in [5.74, 6) is -0.946. The van der Waals surface area contributed by atoms with Gasteiger partial charge < -0.3 is 18.9 Å². The highest BCUT2D eigenvalue weighted by Crippen LogP contribution is 2.44. The molecule has 9 nitrogen and oxygen atoms in total. The van der Waals surface area contributed by atoms with Gasteiger partial charge in [0, 0.05) is 31.5 Å². The molecule has 14 heteroatoms. The van der Waals surface area contributed by atoms with Crippen LogP contribution in [0.4, 0.5) is 22.0 Å². The molecule has 0 N–H and O–H groups in total. The quantitative estimate of drug-likeness (QED) is 0.457. The Balaban J connectivity index is 1.47. The van der Waals surface area contributed by atoms with Gasteiger partial charge in [0.15, 0.2) is 23.0 Å². The first-order valence-electron chi connectivity index (χ1n) is 11.0. The molecule has 1 fully saturated rings. The van der Waals surface area contributed by atoms with Gasteiger partial charge >= 0.3 is 12.5 Å². The summed E-state index contributed by atoms with van der Waals surface area (Å²) in [7, 11) is 0. The fourth-order valence-corrected chi connectivity index (χ4v) is 4.29. The molecule has 1 saturated heterocycles. The zero-order valence-electron chi connectivity index (χ0n) is 19.0. The second-order valence-corrected chi connectivity index (χ2v) is 8.46. The van der Waals surface area contributed by atoms with Crippen LogP contribution in [-0.2, 0) is 6.18 Å². The molecular weight excluding hydrogens is 505 g/mol. The standard InChI is InChI=1S/C23H16F5N5O4/c1-11-30-20(32-37-11)12-4-6-33(7-5-12)21(34)15-8-14(10-29)18(31-19(15)22(24,25)26)13-2-3-16-17(9-13)36-23(27,28)35-16/h2-3,8-9,12H,4-7H2,1H3. The Labute approximate surface area is 205 Å². The molecule has 5 rings (SSSR count). The lowest BCUT2D eigenvalue weighted by molar-refractivity contribution is -0.286. The van der Waals surface area contributed by atoms with Gasteiger partial charge in [0.05, 0.1) is 16.8 Å². The molecule has 0 atom stereocenters. The molecule has 0 aliphatic carbocycles. The maximum absolute atomic E-state index is 14.0. The predicted molar refractivity (Wildman–Crippen MR) is 113 cm³/mol. The summed E-state index contributed by atoms with van der Waals surface area (Å²) in [5, 5.41) is 13.5. The second-order valence-electron chi connectivity index (χ2n) is 8.46. The summed E-state index contributed by atoms with van der Waals surface area (Å²) in [6, 6.07) is 5.78. The number of carbonyl (C=O) groups excluding carboxylic acids is 1. The SMILES string of the molecule is Cc1nc(C2CCN(C(=O)c3cc(C#N)c(-c4ccc5c(c4)OC(F)(F)O5)nc3C(F)(F)F)CC2)no1. The summed E-state index contributed by atoms with van der Waals surface area (Å²) in [6.07, 6.45) is -8.16. The molecule has 0 saturated carbocycles. The van der Waals surface area contributed by atoms with Crippen molar-refractivity contribution in [2.24, 2.45) is 0 Å². The lowest BCUT2D eigenvalue weighted by Crippen LogP contribution is -2.39. The van der Waals surface area contributed by atoms with E-state index < -0.39 is 41.1 Å². The molecule has 192 valence electrons. The van der Waals surface area contributed by atoms with Crippen molar-refractivity contribution in [3.8, 4) is 28.8 Å². The molecule has 0 unspecified atom stereocenters. The zero-order chi connectivity index (χ0) is 26.5. The maximum atomic E-state index is 14.0. The van der Waals surface area contributed by atoms with Crippen LogP contribution in [0.5, 0.6) is 11.5 Å². The van der Waals surface area contributed by atoms with Crippen LogP contribution in [-0.4, -0.2) is 45.3 Å². The van der Waals surface area contributed by atoms with Gasteiger partial charge in [0.25, 0.3) is 5.91 Å². The van der Waals surface area contributed by atoms with Crippen LogP contribution in [0.15, 0.2) is 28.8 Å². The van der Waals surface area contributed by atoms with Crippen LogP contribution in [0, 0.1) is 18.3 Å². The lowest BCUT2D eigenvalue weighted by atomic mass is 9.95. The smallest absolute Gasteiger partial charge is 0.395 e. The minimum absolute atomic E-state index is 0.0997. The van der Waals surface area contributed by atoms with Gasteiger partial charge in [-0.25, -0.2) is 4.98 Å². The number of nitriles is 1. The Bertz CT molecular complexity index is 1420. The number of piperidine rings is 1. The number of hydrogen-bond donors (Lipinski definition) is 0. The number of rotatable bonds is 3. The highest BCUT2D eigenvalue weighted by molar-refractivity contribution is 5.96. The number of ether oxygens (including phenoxy) is 2. The summed E-state index contributed by atoms with van der Waals surface area (Å²) in [6.45, 7) is 1.90. The van der Waals surface area contributed by atoms with Crippen molar-refractivity contribution in [3.05, 3.63) is 52.8 Å². The van der Waals surface area contributed by atoms with Crippen LogP contribution >= 0.6 is 0 Å². The second kappa shape index (κ2) is 8.68. The van der Waals surface area contributed by atoms with Crippen molar-refractivity contribution in [3.63, 3.8) is 0 Å². The van der Waals surface area contributed by atoms with E-state index in [1.54, 1.807) is 13.0 Å². The minimum atomic E-state index is -5.04. The largest absolute Gasteiger partial charge is 0.586 e. The van der Waals surface area contributed by atoms with E-state index in [0.717, 1.165) is 18.2 Å². The molecule has 2 aliphatic rings. The van der Waals surface area contributed by atoms with E-state index in [4.69, 9.17) is 4.52 Å². The molecule has 37 heavy (non-hydrogen) atoms. The highest BCUT2D eigenvalue weighted by Gasteiger charge is 2.44. The summed E-state index contributed by atoms with van der Waals surface area (Å²) in [4.78, 5) is 22.2. The molecule has 1 amide bonds. The number of aromatic nitrogens is 3. The van der Waals surface area contributed by atoms with E-state index in [1.807, 2.05) is 0 Å². The van der Waals surface area contributed by atoms with Crippen molar-refractivity contribution in [2.75, 3.05) is 13.1 Å². The third-order valence-electron chi connectivity index (χ3n) is 6.01. The average molecular weight is 521 g/mol. The summed E-state index contributed by atoms with van der Waals surface area (Å²) in [5.41, 5.74) is -3.17.